The molecule has 0 aliphatic rings. The van der Waals surface area contributed by atoms with Crippen molar-refractivity contribution in [3.05, 3.63) is 54.9 Å². The van der Waals surface area contributed by atoms with Gasteiger partial charge in [0, 0.05) is 19.3 Å². The van der Waals surface area contributed by atoms with Gasteiger partial charge in [0.25, 0.3) is 5.91 Å². The second-order valence-electron chi connectivity index (χ2n) is 5.28. The molecule has 1 N–H and O–H groups in total. The molecule has 25 heavy (non-hydrogen) atoms. The zero-order valence-corrected chi connectivity index (χ0v) is 14.1. The van der Waals surface area contributed by atoms with Crippen molar-refractivity contribution in [3.63, 3.8) is 0 Å². The fourth-order valence-electron chi connectivity index (χ4n) is 2.38. The van der Waals surface area contributed by atoms with Gasteiger partial charge in [-0.3, -0.25) is 4.79 Å². The predicted molar refractivity (Wildman–Crippen MR) is 94.9 cm³/mol. The van der Waals surface area contributed by atoms with E-state index in [2.05, 4.69) is 44.1 Å². The van der Waals surface area contributed by atoms with E-state index in [1.165, 1.54) is 6.33 Å². The number of rotatable bonds is 6. The molecule has 3 rings (SSSR count). The van der Waals surface area contributed by atoms with E-state index in [0.717, 1.165) is 18.9 Å². The summed E-state index contributed by atoms with van der Waals surface area (Å²) in [5.41, 5.74) is 1.10. The lowest BCUT2D eigenvalue weighted by Crippen LogP contribution is -2.23. The first-order chi connectivity index (χ1) is 12.2. The highest BCUT2D eigenvalue weighted by Gasteiger charge is 2.09. The standard InChI is InChI=1S/C17H19N7O/c1-3-23(4-2)15-7-5-13(9-19-15)17(25)22-14-6-8-16(20-10-14)24-12-18-11-21-24/h5-12H,3-4H2,1-2H3,(H,22,25). The van der Waals surface area contributed by atoms with Crippen LogP contribution in [0.2, 0.25) is 0 Å². The molecule has 0 saturated carbocycles. The molecule has 8 nitrogen and oxygen atoms in total. The molecule has 0 bridgehead atoms. The lowest BCUT2D eigenvalue weighted by Gasteiger charge is -2.19. The molecule has 1 amide bonds. The van der Waals surface area contributed by atoms with Crippen LogP contribution in [0.1, 0.15) is 24.2 Å². The summed E-state index contributed by atoms with van der Waals surface area (Å²) < 4.78 is 1.54. The largest absolute Gasteiger partial charge is 0.357 e. The highest BCUT2D eigenvalue weighted by atomic mass is 16.1. The number of carbonyl (C=O) groups is 1. The molecule has 128 valence electrons. The Balaban J connectivity index is 1.67. The molecule has 0 fully saturated rings. The Labute approximate surface area is 145 Å². The molecular formula is C17H19N7O. The van der Waals surface area contributed by atoms with E-state index in [0.29, 0.717) is 17.1 Å². The molecule has 0 unspecified atom stereocenters. The SMILES string of the molecule is CCN(CC)c1ccc(C(=O)Nc2ccc(-n3cncn3)nc2)cn1. The molecule has 3 heterocycles. The first-order valence-electron chi connectivity index (χ1n) is 8.04. The zero-order valence-electron chi connectivity index (χ0n) is 14.1. The first-order valence-corrected chi connectivity index (χ1v) is 8.04. The minimum absolute atomic E-state index is 0.228. The van der Waals surface area contributed by atoms with Crippen LogP contribution >= 0.6 is 0 Å². The summed E-state index contributed by atoms with van der Waals surface area (Å²) in [4.78, 5) is 26.9. The molecule has 0 radical (unpaired) electrons. The van der Waals surface area contributed by atoms with Crippen LogP contribution in [0.4, 0.5) is 11.5 Å². The van der Waals surface area contributed by atoms with Gasteiger partial charge < -0.3 is 10.2 Å². The Kier molecular flexibility index (Phi) is 4.98. The van der Waals surface area contributed by atoms with E-state index in [-0.39, 0.29) is 5.91 Å². The number of pyridine rings is 2. The fourth-order valence-corrected chi connectivity index (χ4v) is 2.38. The van der Waals surface area contributed by atoms with Gasteiger partial charge in [-0.25, -0.2) is 19.6 Å². The summed E-state index contributed by atoms with van der Waals surface area (Å²) in [6.45, 7) is 5.89. The third-order valence-electron chi connectivity index (χ3n) is 3.76. The van der Waals surface area contributed by atoms with Crippen molar-refractivity contribution >= 4 is 17.4 Å². The van der Waals surface area contributed by atoms with Crippen molar-refractivity contribution < 1.29 is 4.79 Å². The number of aromatic nitrogens is 5. The van der Waals surface area contributed by atoms with Gasteiger partial charge in [-0.15, -0.1) is 0 Å². The molecule has 3 aromatic heterocycles. The molecule has 8 heteroatoms. The van der Waals surface area contributed by atoms with Crippen LogP contribution < -0.4 is 10.2 Å². The Morgan fingerprint density at radius 1 is 1.12 bits per heavy atom. The maximum Gasteiger partial charge on any atom is 0.257 e. The van der Waals surface area contributed by atoms with Crippen LogP contribution in [0.5, 0.6) is 0 Å². The third-order valence-corrected chi connectivity index (χ3v) is 3.76. The number of hydrogen-bond donors (Lipinski definition) is 1. The Bertz CT molecular complexity index is 809. The van der Waals surface area contributed by atoms with Crippen LogP contribution in [0, 0.1) is 0 Å². The van der Waals surface area contributed by atoms with E-state index in [4.69, 9.17) is 0 Å². The smallest absolute Gasteiger partial charge is 0.257 e. The molecular weight excluding hydrogens is 318 g/mol. The lowest BCUT2D eigenvalue weighted by atomic mass is 10.2. The molecule has 0 saturated heterocycles. The third kappa shape index (κ3) is 3.79. The van der Waals surface area contributed by atoms with Gasteiger partial charge in [-0.05, 0) is 38.1 Å². The summed E-state index contributed by atoms with van der Waals surface area (Å²) >= 11 is 0. The summed E-state index contributed by atoms with van der Waals surface area (Å²) in [7, 11) is 0. The predicted octanol–water partition coefficient (Wildman–Crippen LogP) is 2.16. The van der Waals surface area contributed by atoms with Gasteiger partial charge in [0.05, 0.1) is 17.4 Å². The highest BCUT2D eigenvalue weighted by Crippen LogP contribution is 2.13. The van der Waals surface area contributed by atoms with Crippen molar-refractivity contribution in [2.75, 3.05) is 23.3 Å². The van der Waals surface area contributed by atoms with Crippen molar-refractivity contribution in [3.8, 4) is 5.82 Å². The zero-order chi connectivity index (χ0) is 17.6. The van der Waals surface area contributed by atoms with E-state index >= 15 is 0 Å². The molecule has 0 aliphatic carbocycles. The lowest BCUT2D eigenvalue weighted by molar-refractivity contribution is 0.102. The number of anilines is 2. The molecule has 3 aromatic rings. The molecule has 0 spiro atoms. The maximum absolute atomic E-state index is 12.3. The topological polar surface area (TPSA) is 88.8 Å². The van der Waals surface area contributed by atoms with Crippen LogP contribution in [0.15, 0.2) is 49.3 Å². The van der Waals surface area contributed by atoms with Crippen LogP contribution in [-0.4, -0.2) is 43.7 Å². The quantitative estimate of drug-likeness (QED) is 0.741. The Hall–Kier alpha value is -3.29. The average Bonchev–Trinajstić information content (AvgIpc) is 3.18. The monoisotopic (exact) mass is 337 g/mol. The van der Waals surface area contributed by atoms with Gasteiger partial charge in [-0.1, -0.05) is 0 Å². The minimum Gasteiger partial charge on any atom is -0.357 e. The van der Waals surface area contributed by atoms with Crippen molar-refractivity contribution in [2.45, 2.75) is 13.8 Å². The summed E-state index contributed by atoms with van der Waals surface area (Å²) in [5.74, 6) is 1.26. The number of amides is 1. The summed E-state index contributed by atoms with van der Waals surface area (Å²) in [6.07, 6.45) is 6.16. The Morgan fingerprint density at radius 3 is 2.52 bits per heavy atom. The second kappa shape index (κ2) is 7.52. The average molecular weight is 337 g/mol. The van der Waals surface area contributed by atoms with Crippen LogP contribution in [0.3, 0.4) is 0 Å². The number of carbonyl (C=O) groups excluding carboxylic acids is 1. The van der Waals surface area contributed by atoms with Gasteiger partial charge in [0.2, 0.25) is 0 Å². The Morgan fingerprint density at radius 2 is 1.96 bits per heavy atom. The van der Waals surface area contributed by atoms with E-state index in [9.17, 15) is 4.79 Å². The van der Waals surface area contributed by atoms with E-state index in [1.807, 2.05) is 6.07 Å². The van der Waals surface area contributed by atoms with Crippen molar-refractivity contribution in [2.24, 2.45) is 0 Å². The number of hydrogen-bond acceptors (Lipinski definition) is 6. The van der Waals surface area contributed by atoms with Gasteiger partial charge >= 0.3 is 0 Å². The minimum atomic E-state index is -0.228. The van der Waals surface area contributed by atoms with E-state index in [1.54, 1.807) is 41.6 Å². The second-order valence-corrected chi connectivity index (χ2v) is 5.28. The molecule has 0 atom stereocenters. The molecule has 0 aromatic carbocycles. The number of nitrogens with one attached hydrogen (secondary N) is 1. The number of nitrogens with zero attached hydrogens (tertiary/aromatic N) is 6. The highest BCUT2D eigenvalue weighted by molar-refractivity contribution is 6.04. The summed E-state index contributed by atoms with van der Waals surface area (Å²) in [5, 5.41) is 6.81. The van der Waals surface area contributed by atoms with Crippen LogP contribution in [-0.2, 0) is 0 Å². The van der Waals surface area contributed by atoms with Gasteiger partial charge in [0.15, 0.2) is 5.82 Å². The van der Waals surface area contributed by atoms with Crippen molar-refractivity contribution in [1.82, 2.24) is 24.7 Å². The van der Waals surface area contributed by atoms with Gasteiger partial charge in [0.1, 0.15) is 18.5 Å². The van der Waals surface area contributed by atoms with Crippen molar-refractivity contribution in [1.29, 1.82) is 0 Å². The first kappa shape index (κ1) is 16.6. The fraction of sp³-hybridized carbons (Fsp3) is 0.235. The summed E-state index contributed by atoms with van der Waals surface area (Å²) in [6, 6.07) is 7.15. The normalized spacial score (nSPS) is 10.5. The van der Waals surface area contributed by atoms with Gasteiger partial charge in [-0.2, -0.15) is 5.10 Å². The van der Waals surface area contributed by atoms with E-state index < -0.39 is 0 Å². The van der Waals surface area contributed by atoms with Crippen LogP contribution in [0.25, 0.3) is 5.82 Å². The molecule has 0 aliphatic heterocycles. The maximum atomic E-state index is 12.3.